The molecule has 4 rings (SSSR count). The van der Waals surface area contributed by atoms with Gasteiger partial charge >= 0.3 is 0 Å². The van der Waals surface area contributed by atoms with Crippen LogP contribution in [0.5, 0.6) is 23.0 Å². The van der Waals surface area contributed by atoms with E-state index in [0.717, 1.165) is 22.7 Å². The molecule has 0 aliphatic heterocycles. The molecule has 2 amide bonds. The molecule has 0 saturated carbocycles. The summed E-state index contributed by atoms with van der Waals surface area (Å²) < 4.78 is 52.1. The van der Waals surface area contributed by atoms with Gasteiger partial charge in [0.1, 0.15) is 24.1 Å². The number of nitrogens with one attached hydrogen (secondary N) is 1. The summed E-state index contributed by atoms with van der Waals surface area (Å²) in [4.78, 5) is 30.1. The third-order valence-corrected chi connectivity index (χ3v) is 10.7. The second kappa shape index (κ2) is 18.7. The molecule has 0 spiro atoms. The van der Waals surface area contributed by atoms with Crippen LogP contribution in [0.25, 0.3) is 0 Å². The van der Waals surface area contributed by atoms with E-state index in [9.17, 15) is 18.0 Å². The molecular formula is C38H43Cl2N3O8S. The van der Waals surface area contributed by atoms with E-state index < -0.39 is 34.4 Å². The molecule has 0 heterocycles. The molecular weight excluding hydrogens is 729 g/mol. The molecule has 4 aromatic carbocycles. The van der Waals surface area contributed by atoms with E-state index >= 15 is 0 Å². The predicted molar refractivity (Wildman–Crippen MR) is 202 cm³/mol. The standard InChI is InChI=1S/C38H43Cl2N3O8S/c1-6-7-19-41-38(45)33(20-26-11-9-8-10-12-26)42(24-27-13-14-28(39)21-31(27)40)37(44)25-43(32-22-29(48-2)15-17-34(32)49-3)52(46,47)30-16-18-35(50-4)36(23-30)51-5/h8-18,21-23,33H,6-7,19-20,24-25H2,1-5H3,(H,41,45). The fraction of sp³-hybridized carbons (Fsp3) is 0.316. The highest BCUT2D eigenvalue weighted by Gasteiger charge is 2.36. The maximum Gasteiger partial charge on any atom is 0.265 e. The van der Waals surface area contributed by atoms with Crippen molar-refractivity contribution >= 4 is 50.7 Å². The first-order valence-corrected chi connectivity index (χ1v) is 18.7. The Bertz CT molecular complexity index is 1950. The minimum absolute atomic E-state index is 0.0291. The third kappa shape index (κ3) is 9.81. The minimum Gasteiger partial charge on any atom is -0.497 e. The van der Waals surface area contributed by atoms with E-state index in [2.05, 4.69) is 5.32 Å². The lowest BCUT2D eigenvalue weighted by atomic mass is 10.0. The maximum absolute atomic E-state index is 14.9. The number of carbonyl (C=O) groups is 2. The number of anilines is 1. The summed E-state index contributed by atoms with van der Waals surface area (Å²) in [5, 5.41) is 3.63. The maximum atomic E-state index is 14.9. The van der Waals surface area contributed by atoms with Crippen molar-refractivity contribution in [3.8, 4) is 23.0 Å². The summed E-state index contributed by atoms with van der Waals surface area (Å²) >= 11 is 12.8. The number of hydrogen-bond acceptors (Lipinski definition) is 8. The summed E-state index contributed by atoms with van der Waals surface area (Å²) in [6.07, 6.45) is 1.71. The van der Waals surface area contributed by atoms with Gasteiger partial charge in [-0.1, -0.05) is 72.9 Å². The average Bonchev–Trinajstić information content (AvgIpc) is 3.15. The van der Waals surface area contributed by atoms with Crippen molar-refractivity contribution < 1.29 is 37.0 Å². The molecule has 0 radical (unpaired) electrons. The van der Waals surface area contributed by atoms with E-state index in [1.54, 1.807) is 30.3 Å². The molecule has 1 atom stereocenters. The van der Waals surface area contributed by atoms with Crippen molar-refractivity contribution in [3.63, 3.8) is 0 Å². The fourth-order valence-electron chi connectivity index (χ4n) is 5.50. The topological polar surface area (TPSA) is 124 Å². The largest absolute Gasteiger partial charge is 0.497 e. The highest BCUT2D eigenvalue weighted by atomic mass is 35.5. The zero-order chi connectivity index (χ0) is 37.8. The van der Waals surface area contributed by atoms with Crippen LogP contribution in [-0.2, 0) is 32.6 Å². The van der Waals surface area contributed by atoms with Crippen molar-refractivity contribution in [2.45, 2.75) is 43.7 Å². The molecule has 278 valence electrons. The molecule has 0 aromatic heterocycles. The minimum atomic E-state index is -4.54. The third-order valence-electron chi connectivity index (χ3n) is 8.33. The van der Waals surface area contributed by atoms with Crippen molar-refractivity contribution in [1.29, 1.82) is 0 Å². The van der Waals surface area contributed by atoms with Gasteiger partial charge in [-0.25, -0.2) is 8.42 Å². The fourth-order valence-corrected chi connectivity index (χ4v) is 7.40. The van der Waals surface area contributed by atoms with Crippen molar-refractivity contribution in [3.05, 3.63) is 106 Å². The second-order valence-electron chi connectivity index (χ2n) is 11.7. The van der Waals surface area contributed by atoms with Crippen molar-refractivity contribution in [2.24, 2.45) is 0 Å². The average molecular weight is 773 g/mol. The van der Waals surface area contributed by atoms with Gasteiger partial charge in [0.15, 0.2) is 11.5 Å². The zero-order valence-electron chi connectivity index (χ0n) is 29.7. The van der Waals surface area contributed by atoms with Gasteiger partial charge in [0, 0.05) is 41.7 Å². The SMILES string of the molecule is CCCCNC(=O)C(Cc1ccccc1)N(Cc1ccc(Cl)cc1Cl)C(=O)CN(c1cc(OC)ccc1OC)S(=O)(=O)c1ccc(OC)c(OC)c1. The smallest absolute Gasteiger partial charge is 0.265 e. The van der Waals surface area contributed by atoms with Crippen LogP contribution in [0.2, 0.25) is 10.0 Å². The summed E-state index contributed by atoms with van der Waals surface area (Å²) in [7, 11) is 1.11. The van der Waals surface area contributed by atoms with Crippen LogP contribution in [0.15, 0.2) is 89.8 Å². The molecule has 1 unspecified atom stereocenters. The van der Waals surface area contributed by atoms with Crippen molar-refractivity contribution in [1.82, 2.24) is 10.2 Å². The molecule has 1 N–H and O–H groups in total. The molecule has 52 heavy (non-hydrogen) atoms. The predicted octanol–water partition coefficient (Wildman–Crippen LogP) is 6.78. The Hall–Kier alpha value is -4.65. The molecule has 4 aromatic rings. The normalized spacial score (nSPS) is 11.7. The first-order chi connectivity index (χ1) is 25.0. The lowest BCUT2D eigenvalue weighted by Gasteiger charge is -2.34. The number of benzene rings is 4. The highest BCUT2D eigenvalue weighted by molar-refractivity contribution is 7.92. The Kier molecular flexibility index (Phi) is 14.4. The van der Waals surface area contributed by atoms with E-state index in [-0.39, 0.29) is 40.1 Å². The number of sulfonamides is 1. The number of halogens is 2. The Morgan fingerprint density at radius 2 is 1.50 bits per heavy atom. The number of amides is 2. The molecule has 0 aliphatic carbocycles. The molecule has 0 saturated heterocycles. The summed E-state index contributed by atoms with van der Waals surface area (Å²) in [5.41, 5.74) is 1.33. The van der Waals surface area contributed by atoms with Gasteiger partial charge in [0.05, 0.1) is 39.0 Å². The number of rotatable bonds is 18. The van der Waals surface area contributed by atoms with Gasteiger partial charge in [-0.3, -0.25) is 13.9 Å². The second-order valence-corrected chi connectivity index (χ2v) is 14.4. The number of carbonyl (C=O) groups excluding carboxylic acids is 2. The first-order valence-electron chi connectivity index (χ1n) is 16.5. The Labute approximate surface area is 315 Å². The van der Waals surface area contributed by atoms with Crippen LogP contribution in [0.4, 0.5) is 5.69 Å². The van der Waals surface area contributed by atoms with Crippen LogP contribution in [-0.4, -0.2) is 72.7 Å². The van der Waals surface area contributed by atoms with Gasteiger partial charge in [-0.15, -0.1) is 0 Å². The summed E-state index contributed by atoms with van der Waals surface area (Å²) in [6.45, 7) is 1.53. The van der Waals surface area contributed by atoms with Crippen LogP contribution >= 0.6 is 23.2 Å². The lowest BCUT2D eigenvalue weighted by Crippen LogP contribution is -2.53. The molecule has 0 bridgehead atoms. The molecule has 0 fully saturated rings. The summed E-state index contributed by atoms with van der Waals surface area (Å²) in [6, 6.07) is 21.8. The van der Waals surface area contributed by atoms with E-state index in [4.69, 9.17) is 42.1 Å². The van der Waals surface area contributed by atoms with E-state index in [1.807, 2.05) is 37.3 Å². The number of hydrogen-bond donors (Lipinski definition) is 1. The number of nitrogens with zero attached hydrogens (tertiary/aromatic N) is 2. The van der Waals surface area contributed by atoms with Crippen LogP contribution in [0.1, 0.15) is 30.9 Å². The highest BCUT2D eigenvalue weighted by Crippen LogP contribution is 2.38. The number of methoxy groups -OCH3 is 4. The quantitative estimate of drug-likeness (QED) is 0.110. The van der Waals surface area contributed by atoms with Crippen LogP contribution in [0, 0.1) is 0 Å². The van der Waals surface area contributed by atoms with Gasteiger partial charge in [-0.05, 0) is 53.9 Å². The monoisotopic (exact) mass is 771 g/mol. The molecule has 11 nitrogen and oxygen atoms in total. The van der Waals surface area contributed by atoms with Gasteiger partial charge in [-0.2, -0.15) is 0 Å². The Balaban J connectivity index is 1.90. The Morgan fingerprint density at radius 3 is 2.13 bits per heavy atom. The lowest BCUT2D eigenvalue weighted by molar-refractivity contribution is -0.140. The van der Waals surface area contributed by atoms with Crippen LogP contribution in [0.3, 0.4) is 0 Å². The van der Waals surface area contributed by atoms with Gasteiger partial charge in [0.2, 0.25) is 11.8 Å². The zero-order valence-corrected chi connectivity index (χ0v) is 32.1. The molecule has 14 heteroatoms. The van der Waals surface area contributed by atoms with Gasteiger partial charge in [0.25, 0.3) is 10.0 Å². The Morgan fingerprint density at radius 1 is 0.808 bits per heavy atom. The van der Waals surface area contributed by atoms with Crippen molar-refractivity contribution in [2.75, 3.05) is 45.8 Å². The molecule has 0 aliphatic rings. The van der Waals surface area contributed by atoms with Gasteiger partial charge < -0.3 is 29.2 Å². The number of ether oxygens (including phenoxy) is 4. The van der Waals surface area contributed by atoms with E-state index in [1.165, 1.54) is 57.6 Å². The summed E-state index contributed by atoms with van der Waals surface area (Å²) in [5.74, 6) is -0.138. The van der Waals surface area contributed by atoms with E-state index in [0.29, 0.717) is 28.6 Å². The number of unbranched alkanes of at least 4 members (excludes halogenated alkanes) is 1. The van der Waals surface area contributed by atoms with Crippen LogP contribution < -0.4 is 28.6 Å². The first kappa shape index (κ1) is 40.1.